The van der Waals surface area contributed by atoms with Crippen LogP contribution in [0.3, 0.4) is 0 Å². The van der Waals surface area contributed by atoms with Crippen LogP contribution in [-0.4, -0.2) is 138 Å². The zero-order valence-electron chi connectivity index (χ0n) is 26.0. The summed E-state index contributed by atoms with van der Waals surface area (Å²) < 4.78 is 5.47. The third-order valence-corrected chi connectivity index (χ3v) is 7.16. The molecule has 0 radical (unpaired) electrons. The predicted molar refractivity (Wildman–Crippen MR) is 157 cm³/mol. The van der Waals surface area contributed by atoms with Gasteiger partial charge in [-0.2, -0.15) is 0 Å². The molecule has 9 amide bonds. The smallest absolute Gasteiger partial charge is 0.410 e. The number of piperidine rings is 2. The van der Waals surface area contributed by atoms with E-state index in [1.165, 1.54) is 0 Å². The summed E-state index contributed by atoms with van der Waals surface area (Å²) in [6.45, 7) is 3.78. The maximum atomic E-state index is 12.8. The van der Waals surface area contributed by atoms with Crippen LogP contribution < -0.4 is 26.6 Å². The molecule has 46 heavy (non-hydrogen) atoms. The minimum atomic E-state index is -0.704. The van der Waals surface area contributed by atoms with Crippen LogP contribution in [0.15, 0.2) is 12.2 Å². The SMILES string of the molecule is CC(C)(C)OC(=O)N1CC2CC[C@@H]1CN2C(=O)CNC(=O)CNC(=O)CNC(=O)CNC(=O)CNC(=O)CCN1C(=O)C=CC1=O. The Morgan fingerprint density at radius 2 is 1.09 bits per heavy atom. The van der Waals surface area contributed by atoms with Crippen molar-refractivity contribution in [2.75, 3.05) is 52.4 Å². The van der Waals surface area contributed by atoms with Gasteiger partial charge in [-0.1, -0.05) is 0 Å². The van der Waals surface area contributed by atoms with E-state index >= 15 is 0 Å². The minimum absolute atomic E-state index is 0.139. The molecule has 2 atom stereocenters. The van der Waals surface area contributed by atoms with E-state index in [0.29, 0.717) is 13.1 Å². The van der Waals surface area contributed by atoms with E-state index in [2.05, 4.69) is 26.6 Å². The maximum absolute atomic E-state index is 12.8. The molecule has 5 N–H and O–H groups in total. The number of ether oxygens (including phenoxy) is 1. The van der Waals surface area contributed by atoms with Gasteiger partial charge in [0.15, 0.2) is 0 Å². The van der Waals surface area contributed by atoms with Gasteiger partial charge in [0.2, 0.25) is 35.4 Å². The summed E-state index contributed by atoms with van der Waals surface area (Å²) in [5, 5.41) is 11.6. The zero-order valence-corrected chi connectivity index (χ0v) is 26.0. The first kappa shape index (κ1) is 35.4. The topological polar surface area (TPSA) is 233 Å². The van der Waals surface area contributed by atoms with Gasteiger partial charge in [0.25, 0.3) is 11.8 Å². The second kappa shape index (κ2) is 15.8. The van der Waals surface area contributed by atoms with Crippen molar-refractivity contribution >= 4 is 53.4 Å². The van der Waals surface area contributed by atoms with E-state index in [1.807, 2.05) is 0 Å². The van der Waals surface area contributed by atoms with Gasteiger partial charge in [-0.25, -0.2) is 4.79 Å². The molecule has 4 heterocycles. The molecule has 0 spiro atoms. The molecule has 18 nitrogen and oxygen atoms in total. The van der Waals surface area contributed by atoms with Gasteiger partial charge >= 0.3 is 6.09 Å². The van der Waals surface area contributed by atoms with Gasteiger partial charge in [-0.15, -0.1) is 0 Å². The van der Waals surface area contributed by atoms with Crippen LogP contribution >= 0.6 is 0 Å². The first-order valence-corrected chi connectivity index (χ1v) is 14.8. The summed E-state index contributed by atoms with van der Waals surface area (Å²) in [6, 6.07) is -0.351. The Morgan fingerprint density at radius 3 is 1.52 bits per heavy atom. The van der Waals surface area contributed by atoms with E-state index in [4.69, 9.17) is 4.74 Å². The highest BCUT2D eigenvalue weighted by molar-refractivity contribution is 6.13. The molecule has 4 rings (SSSR count). The van der Waals surface area contributed by atoms with E-state index in [0.717, 1.165) is 29.9 Å². The number of amides is 9. The molecule has 0 saturated carbocycles. The molecule has 3 saturated heterocycles. The normalized spacial score (nSPS) is 18.6. The number of nitrogens with one attached hydrogen (secondary N) is 5. The Balaban J connectivity index is 1.23. The molecule has 0 aliphatic carbocycles. The van der Waals surface area contributed by atoms with E-state index < -0.39 is 79.2 Å². The van der Waals surface area contributed by atoms with Gasteiger partial charge in [-0.3, -0.25) is 43.3 Å². The van der Waals surface area contributed by atoms with Crippen molar-refractivity contribution in [2.24, 2.45) is 0 Å². The molecule has 0 aromatic carbocycles. The van der Waals surface area contributed by atoms with Crippen LogP contribution in [0.25, 0.3) is 0 Å². The fraction of sp³-hybridized carbons (Fsp3) is 0.607. The second-order valence-electron chi connectivity index (χ2n) is 11.9. The number of hydrogen-bond donors (Lipinski definition) is 5. The quantitative estimate of drug-likeness (QED) is 0.124. The lowest BCUT2D eigenvalue weighted by Gasteiger charge is -2.51. The number of imide groups is 1. The summed E-state index contributed by atoms with van der Waals surface area (Å²) in [4.78, 5) is 112. The Morgan fingerprint density at radius 1 is 0.674 bits per heavy atom. The van der Waals surface area contributed by atoms with Crippen LogP contribution in [0.4, 0.5) is 4.79 Å². The summed E-state index contributed by atoms with van der Waals surface area (Å²) in [5.41, 5.74) is -0.628. The number of carbonyl (C=O) groups is 9. The van der Waals surface area contributed by atoms with Crippen molar-refractivity contribution in [3.8, 4) is 0 Å². The fourth-order valence-corrected chi connectivity index (χ4v) is 4.87. The molecular weight excluding hydrogens is 608 g/mol. The van der Waals surface area contributed by atoms with Gasteiger partial charge in [0.1, 0.15) is 5.60 Å². The second-order valence-corrected chi connectivity index (χ2v) is 11.9. The van der Waals surface area contributed by atoms with E-state index in [9.17, 15) is 43.2 Å². The number of fused-ring (bicyclic) bond motifs is 3. The van der Waals surface area contributed by atoms with Crippen molar-refractivity contribution in [1.29, 1.82) is 0 Å². The average Bonchev–Trinajstić information content (AvgIpc) is 3.33. The highest BCUT2D eigenvalue weighted by Crippen LogP contribution is 2.30. The Labute approximate surface area is 264 Å². The molecule has 4 aliphatic rings. The molecule has 1 unspecified atom stereocenters. The number of piperazine rings is 1. The molecule has 0 aromatic rings. The molecule has 0 aromatic heterocycles. The number of rotatable bonds is 13. The van der Waals surface area contributed by atoms with Crippen molar-refractivity contribution in [3.63, 3.8) is 0 Å². The highest BCUT2D eigenvalue weighted by Gasteiger charge is 2.44. The van der Waals surface area contributed by atoms with Crippen LogP contribution in [0.2, 0.25) is 0 Å². The van der Waals surface area contributed by atoms with Gasteiger partial charge < -0.3 is 41.1 Å². The van der Waals surface area contributed by atoms with Crippen LogP contribution in [0, 0.1) is 0 Å². The summed E-state index contributed by atoms with van der Waals surface area (Å²) >= 11 is 0. The highest BCUT2D eigenvalue weighted by atomic mass is 16.6. The lowest BCUT2D eigenvalue weighted by Crippen LogP contribution is -2.66. The average molecular weight is 649 g/mol. The Kier molecular flexibility index (Phi) is 12.2. The predicted octanol–water partition coefficient (Wildman–Crippen LogP) is -3.51. The summed E-state index contributed by atoms with van der Waals surface area (Å²) in [5.74, 6) is -4.63. The third kappa shape index (κ3) is 10.8. The van der Waals surface area contributed by atoms with Crippen LogP contribution in [-0.2, 0) is 43.1 Å². The van der Waals surface area contributed by atoms with Crippen LogP contribution in [0.1, 0.15) is 40.0 Å². The Hall–Kier alpha value is -5.03. The summed E-state index contributed by atoms with van der Waals surface area (Å²) in [7, 11) is 0. The standard InChI is InChI=1S/C28H40N8O10/c1-28(2,3)46-27(45)36-16-17-4-5-18(36)15-35(17)26(44)14-33-23(41)13-32-22(40)12-31-21(39)11-30-20(38)10-29-19(37)8-9-34-24(42)6-7-25(34)43/h6-7,17-18H,4-5,8-16H2,1-3H3,(H,29,37)(H,30,38)(H,31,39)(H,32,40)(H,33,41)/t17?,18-/m1/s1. The lowest BCUT2D eigenvalue weighted by molar-refractivity contribution is -0.142. The molecule has 3 fully saturated rings. The maximum Gasteiger partial charge on any atom is 0.410 e. The van der Waals surface area contributed by atoms with Crippen molar-refractivity contribution in [3.05, 3.63) is 12.2 Å². The van der Waals surface area contributed by atoms with Crippen LogP contribution in [0.5, 0.6) is 0 Å². The lowest BCUT2D eigenvalue weighted by atomic mass is 9.91. The molecule has 18 heteroatoms. The third-order valence-electron chi connectivity index (χ3n) is 7.16. The van der Waals surface area contributed by atoms with E-state index in [-0.39, 0.29) is 37.5 Å². The van der Waals surface area contributed by atoms with E-state index in [1.54, 1.807) is 30.6 Å². The fourth-order valence-electron chi connectivity index (χ4n) is 4.87. The number of hydrogen-bond acceptors (Lipinski definition) is 10. The van der Waals surface area contributed by atoms with Gasteiger partial charge in [0.05, 0.1) is 38.8 Å². The monoisotopic (exact) mass is 648 g/mol. The van der Waals surface area contributed by atoms with Gasteiger partial charge in [0, 0.05) is 44.2 Å². The summed E-state index contributed by atoms with van der Waals surface area (Å²) in [6.07, 6.45) is 3.05. The van der Waals surface area contributed by atoms with Crippen molar-refractivity contribution < 1.29 is 47.9 Å². The zero-order chi connectivity index (χ0) is 34.0. The molecular formula is C28H40N8O10. The molecule has 4 aliphatic heterocycles. The van der Waals surface area contributed by atoms with Crippen molar-refractivity contribution in [2.45, 2.75) is 57.7 Å². The molecule has 2 bridgehead atoms. The van der Waals surface area contributed by atoms with Crippen molar-refractivity contribution in [1.82, 2.24) is 41.3 Å². The number of nitrogens with zero attached hydrogens (tertiary/aromatic N) is 3. The minimum Gasteiger partial charge on any atom is -0.444 e. The largest absolute Gasteiger partial charge is 0.444 e. The Bertz CT molecular complexity index is 1280. The first-order chi connectivity index (χ1) is 21.6. The number of carbonyl (C=O) groups excluding carboxylic acids is 9. The first-order valence-electron chi connectivity index (χ1n) is 14.8. The van der Waals surface area contributed by atoms with Gasteiger partial charge in [-0.05, 0) is 33.6 Å². The molecule has 252 valence electrons.